The van der Waals surface area contributed by atoms with Gasteiger partial charge in [0, 0.05) is 11.8 Å². The summed E-state index contributed by atoms with van der Waals surface area (Å²) in [7, 11) is 0. The smallest absolute Gasteiger partial charge is 0.352 e. The van der Waals surface area contributed by atoms with Crippen LogP contribution in [0.5, 0.6) is 0 Å². The zero-order chi connectivity index (χ0) is 11.9. The molecule has 2 heterocycles. The van der Waals surface area contributed by atoms with Crippen LogP contribution in [0.2, 0.25) is 0 Å². The molecule has 2 N–H and O–H groups in total. The highest BCUT2D eigenvalue weighted by Crippen LogP contribution is 2.31. The summed E-state index contributed by atoms with van der Waals surface area (Å²) < 4.78 is 0. The molecule has 2 rings (SSSR count). The number of carboxylic acid groups (broad SMARTS) is 1. The third-order valence-electron chi connectivity index (χ3n) is 2.52. The van der Waals surface area contributed by atoms with Crippen LogP contribution < -0.4 is 0 Å². The molecule has 0 atom stereocenters. The molecule has 0 aliphatic rings. The Balaban J connectivity index is 2.85. The molecule has 0 fully saturated rings. The Morgan fingerprint density at radius 1 is 1.44 bits per heavy atom. The minimum absolute atomic E-state index is 0.237. The highest BCUT2D eigenvalue weighted by atomic mass is 16.4. The number of fused-ring (bicyclic) bond motifs is 1. The summed E-state index contributed by atoms with van der Waals surface area (Å²) in [6.07, 6.45) is 1.68. The Bertz CT molecular complexity index is 550. The van der Waals surface area contributed by atoms with E-state index in [1.165, 1.54) is 0 Å². The third kappa shape index (κ3) is 1.56. The molecule has 0 spiro atoms. The van der Waals surface area contributed by atoms with Crippen LogP contribution in [0.15, 0.2) is 18.3 Å². The zero-order valence-corrected chi connectivity index (χ0v) is 9.53. The summed E-state index contributed by atoms with van der Waals surface area (Å²) >= 11 is 0. The summed E-state index contributed by atoms with van der Waals surface area (Å²) in [6, 6.07) is 3.63. The fourth-order valence-corrected chi connectivity index (χ4v) is 1.91. The second-order valence-electron chi connectivity index (χ2n) is 4.83. The predicted octanol–water partition coefficient (Wildman–Crippen LogP) is 2.56. The molecule has 0 saturated carbocycles. The number of H-pyrrole nitrogens is 1. The molecule has 2 aromatic heterocycles. The van der Waals surface area contributed by atoms with Crippen LogP contribution in [0.4, 0.5) is 0 Å². The van der Waals surface area contributed by atoms with Crippen molar-refractivity contribution in [1.82, 2.24) is 9.97 Å². The van der Waals surface area contributed by atoms with Crippen LogP contribution in [-0.4, -0.2) is 21.0 Å². The van der Waals surface area contributed by atoms with Gasteiger partial charge in [0.1, 0.15) is 5.69 Å². The van der Waals surface area contributed by atoms with Crippen molar-refractivity contribution in [3.8, 4) is 0 Å². The van der Waals surface area contributed by atoms with Gasteiger partial charge in [0.2, 0.25) is 0 Å². The number of pyridine rings is 1. The van der Waals surface area contributed by atoms with E-state index in [0.29, 0.717) is 0 Å². The van der Waals surface area contributed by atoms with E-state index in [9.17, 15) is 9.90 Å². The molecule has 0 bridgehead atoms. The maximum absolute atomic E-state index is 11.2. The fourth-order valence-electron chi connectivity index (χ4n) is 1.91. The first-order chi connectivity index (χ1) is 7.41. The lowest BCUT2D eigenvalue weighted by atomic mass is 9.86. The molecular formula is C12H14N2O2. The lowest BCUT2D eigenvalue weighted by Gasteiger charge is -2.18. The monoisotopic (exact) mass is 218 g/mol. The molecule has 0 aliphatic carbocycles. The number of aromatic carboxylic acids is 1. The quantitative estimate of drug-likeness (QED) is 0.773. The van der Waals surface area contributed by atoms with Gasteiger partial charge in [0.25, 0.3) is 0 Å². The number of rotatable bonds is 1. The fraction of sp³-hybridized carbons (Fsp3) is 0.333. The molecule has 0 amide bonds. The van der Waals surface area contributed by atoms with E-state index >= 15 is 0 Å². The molecule has 0 aliphatic heterocycles. The maximum atomic E-state index is 11.2. The van der Waals surface area contributed by atoms with E-state index in [-0.39, 0.29) is 11.1 Å². The van der Waals surface area contributed by atoms with Crippen LogP contribution in [0.1, 0.15) is 36.8 Å². The van der Waals surface area contributed by atoms with E-state index in [4.69, 9.17) is 0 Å². The standard InChI is InChI=1S/C12H14N2O2/c1-12(2,3)8-9-7(5-4-6-13-9)14-10(8)11(15)16/h4-6,14H,1-3H3,(H,15,16). The van der Waals surface area contributed by atoms with Gasteiger partial charge >= 0.3 is 5.97 Å². The molecule has 0 radical (unpaired) electrons. The first kappa shape index (κ1) is 10.7. The molecular weight excluding hydrogens is 204 g/mol. The van der Waals surface area contributed by atoms with Crippen LogP contribution in [0.25, 0.3) is 11.0 Å². The number of nitrogens with zero attached hydrogens (tertiary/aromatic N) is 1. The number of hydrogen-bond acceptors (Lipinski definition) is 2. The summed E-state index contributed by atoms with van der Waals surface area (Å²) in [5.74, 6) is -0.942. The van der Waals surface area contributed by atoms with Crippen molar-refractivity contribution in [2.24, 2.45) is 0 Å². The average molecular weight is 218 g/mol. The Morgan fingerprint density at radius 3 is 2.69 bits per heavy atom. The molecule has 0 unspecified atom stereocenters. The van der Waals surface area contributed by atoms with Crippen molar-refractivity contribution in [3.05, 3.63) is 29.6 Å². The van der Waals surface area contributed by atoms with E-state index in [0.717, 1.165) is 16.6 Å². The topological polar surface area (TPSA) is 66.0 Å². The lowest BCUT2D eigenvalue weighted by Crippen LogP contribution is -2.16. The van der Waals surface area contributed by atoms with Crippen molar-refractivity contribution in [2.45, 2.75) is 26.2 Å². The molecule has 0 saturated heterocycles. The molecule has 2 aromatic rings. The number of nitrogens with one attached hydrogen (secondary N) is 1. The van der Waals surface area contributed by atoms with Gasteiger partial charge in [-0.3, -0.25) is 4.98 Å². The maximum Gasteiger partial charge on any atom is 0.352 e. The van der Waals surface area contributed by atoms with Gasteiger partial charge in [-0.15, -0.1) is 0 Å². The predicted molar refractivity (Wildman–Crippen MR) is 61.8 cm³/mol. The van der Waals surface area contributed by atoms with E-state index in [1.54, 1.807) is 12.3 Å². The summed E-state index contributed by atoms with van der Waals surface area (Å²) in [6.45, 7) is 5.95. The van der Waals surface area contributed by atoms with Crippen LogP contribution in [0, 0.1) is 0 Å². The van der Waals surface area contributed by atoms with Gasteiger partial charge < -0.3 is 10.1 Å². The van der Waals surface area contributed by atoms with Gasteiger partial charge in [-0.25, -0.2) is 4.79 Å². The highest BCUT2D eigenvalue weighted by molar-refractivity contribution is 5.96. The van der Waals surface area contributed by atoms with E-state index in [1.807, 2.05) is 26.8 Å². The summed E-state index contributed by atoms with van der Waals surface area (Å²) in [4.78, 5) is 18.3. The largest absolute Gasteiger partial charge is 0.477 e. The number of aromatic amines is 1. The zero-order valence-electron chi connectivity index (χ0n) is 9.53. The highest BCUT2D eigenvalue weighted by Gasteiger charge is 2.27. The van der Waals surface area contributed by atoms with Crippen molar-refractivity contribution in [3.63, 3.8) is 0 Å². The number of aromatic nitrogens is 2. The second-order valence-corrected chi connectivity index (χ2v) is 4.83. The average Bonchev–Trinajstić information content (AvgIpc) is 2.55. The Hall–Kier alpha value is -1.84. The number of hydrogen-bond donors (Lipinski definition) is 2. The SMILES string of the molecule is CC(C)(C)c1c(C(=O)O)[nH]c2cccnc12. The normalized spacial score (nSPS) is 11.9. The number of carbonyl (C=O) groups is 1. The molecule has 4 heteroatoms. The van der Waals surface area contributed by atoms with Gasteiger partial charge in [0.05, 0.1) is 11.0 Å². The van der Waals surface area contributed by atoms with Crippen LogP contribution in [-0.2, 0) is 5.41 Å². The molecule has 0 aromatic carbocycles. The first-order valence-electron chi connectivity index (χ1n) is 5.11. The van der Waals surface area contributed by atoms with E-state index < -0.39 is 5.97 Å². The van der Waals surface area contributed by atoms with E-state index in [2.05, 4.69) is 9.97 Å². The van der Waals surface area contributed by atoms with Crippen molar-refractivity contribution >= 4 is 17.0 Å². The molecule has 84 valence electrons. The molecule has 4 nitrogen and oxygen atoms in total. The Kier molecular flexibility index (Phi) is 2.22. The van der Waals surface area contributed by atoms with Gasteiger partial charge in [-0.1, -0.05) is 20.8 Å². The van der Waals surface area contributed by atoms with Crippen LogP contribution >= 0.6 is 0 Å². The molecule has 16 heavy (non-hydrogen) atoms. The number of carboxylic acids is 1. The third-order valence-corrected chi connectivity index (χ3v) is 2.52. The Morgan fingerprint density at radius 2 is 2.12 bits per heavy atom. The van der Waals surface area contributed by atoms with Gasteiger partial charge in [-0.2, -0.15) is 0 Å². The minimum atomic E-state index is -0.942. The van der Waals surface area contributed by atoms with Gasteiger partial charge in [-0.05, 0) is 17.5 Å². The summed E-state index contributed by atoms with van der Waals surface area (Å²) in [5, 5.41) is 9.17. The minimum Gasteiger partial charge on any atom is -0.477 e. The van der Waals surface area contributed by atoms with Crippen molar-refractivity contribution in [2.75, 3.05) is 0 Å². The second kappa shape index (κ2) is 3.33. The van der Waals surface area contributed by atoms with Crippen LogP contribution in [0.3, 0.4) is 0 Å². The Labute approximate surface area is 93.3 Å². The first-order valence-corrected chi connectivity index (χ1v) is 5.11. The van der Waals surface area contributed by atoms with Gasteiger partial charge in [0.15, 0.2) is 0 Å². The summed E-state index contributed by atoms with van der Waals surface area (Å²) in [5.41, 5.74) is 2.26. The van der Waals surface area contributed by atoms with Crippen molar-refractivity contribution in [1.29, 1.82) is 0 Å². The lowest BCUT2D eigenvalue weighted by molar-refractivity contribution is 0.0689. The van der Waals surface area contributed by atoms with Crippen molar-refractivity contribution < 1.29 is 9.90 Å².